The summed E-state index contributed by atoms with van der Waals surface area (Å²) in [6, 6.07) is 12.0. The summed E-state index contributed by atoms with van der Waals surface area (Å²) in [7, 11) is 0. The van der Waals surface area contributed by atoms with E-state index in [1.54, 1.807) is 12.4 Å². The number of rotatable bonds is 2. The van der Waals surface area contributed by atoms with Crippen LogP contribution in [0.15, 0.2) is 48.9 Å². The highest BCUT2D eigenvalue weighted by atomic mass is 15.1. The van der Waals surface area contributed by atoms with Gasteiger partial charge in [0.1, 0.15) is 6.07 Å². The number of pyridine rings is 1. The molecule has 2 aromatic heterocycles. The van der Waals surface area contributed by atoms with E-state index in [1.807, 2.05) is 41.1 Å². The number of para-hydroxylation sites is 1. The molecule has 86 valence electrons. The van der Waals surface area contributed by atoms with Crippen LogP contribution in [0.4, 0.5) is 0 Å². The van der Waals surface area contributed by atoms with Gasteiger partial charge < -0.3 is 4.57 Å². The molecule has 1 aromatic carbocycles. The van der Waals surface area contributed by atoms with Crippen molar-refractivity contribution in [3.63, 3.8) is 0 Å². The van der Waals surface area contributed by atoms with E-state index in [4.69, 9.17) is 5.26 Å². The zero-order valence-electron chi connectivity index (χ0n) is 9.61. The van der Waals surface area contributed by atoms with E-state index in [0.717, 1.165) is 16.5 Å². The van der Waals surface area contributed by atoms with Crippen molar-refractivity contribution in [2.24, 2.45) is 0 Å². The molecule has 2 heterocycles. The van der Waals surface area contributed by atoms with E-state index in [9.17, 15) is 0 Å². The molecule has 4 heteroatoms. The zero-order chi connectivity index (χ0) is 12.4. The van der Waals surface area contributed by atoms with Crippen molar-refractivity contribution in [2.45, 2.75) is 6.54 Å². The molecule has 18 heavy (non-hydrogen) atoms. The average molecular weight is 234 g/mol. The molecule has 3 aromatic rings. The van der Waals surface area contributed by atoms with Gasteiger partial charge in [-0.25, -0.2) is 4.98 Å². The van der Waals surface area contributed by atoms with Crippen LogP contribution in [-0.4, -0.2) is 14.5 Å². The number of benzene rings is 1. The molecule has 0 saturated carbocycles. The van der Waals surface area contributed by atoms with Crippen LogP contribution in [0.2, 0.25) is 0 Å². The lowest BCUT2D eigenvalue weighted by molar-refractivity contribution is 0.786. The minimum Gasteiger partial charge on any atom is -0.318 e. The fourth-order valence-electron chi connectivity index (χ4n) is 2.03. The Labute approximate surface area is 104 Å². The Morgan fingerprint density at radius 2 is 2.00 bits per heavy atom. The number of hydrogen-bond donors (Lipinski definition) is 0. The van der Waals surface area contributed by atoms with Gasteiger partial charge in [0.15, 0.2) is 0 Å². The molecule has 0 bridgehead atoms. The third kappa shape index (κ3) is 1.72. The number of fused-ring (bicyclic) bond motifs is 1. The van der Waals surface area contributed by atoms with Crippen LogP contribution in [0.3, 0.4) is 0 Å². The topological polar surface area (TPSA) is 54.5 Å². The van der Waals surface area contributed by atoms with E-state index in [-0.39, 0.29) is 0 Å². The van der Waals surface area contributed by atoms with E-state index in [1.165, 1.54) is 0 Å². The molecule has 0 atom stereocenters. The largest absolute Gasteiger partial charge is 0.318 e. The molecule has 0 saturated heterocycles. The lowest BCUT2D eigenvalue weighted by Crippen LogP contribution is -2.02. The Morgan fingerprint density at radius 3 is 2.89 bits per heavy atom. The van der Waals surface area contributed by atoms with Crippen molar-refractivity contribution >= 4 is 10.9 Å². The maximum atomic E-state index is 8.95. The maximum absolute atomic E-state index is 8.95. The maximum Gasteiger partial charge on any atom is 0.213 e. The first-order valence-electron chi connectivity index (χ1n) is 5.62. The SMILES string of the molecule is N#Cc1nccn1Cc1ccnc2ccccc12. The summed E-state index contributed by atoms with van der Waals surface area (Å²) in [6.45, 7) is 0.631. The molecular weight excluding hydrogens is 224 g/mol. The summed E-state index contributed by atoms with van der Waals surface area (Å²) in [5.74, 6) is 0.427. The molecule has 0 unspecified atom stereocenters. The van der Waals surface area contributed by atoms with Gasteiger partial charge >= 0.3 is 0 Å². The molecule has 4 nitrogen and oxygen atoms in total. The van der Waals surface area contributed by atoms with Crippen molar-refractivity contribution in [3.8, 4) is 6.07 Å². The lowest BCUT2D eigenvalue weighted by Gasteiger charge is -2.07. The third-order valence-corrected chi connectivity index (χ3v) is 2.90. The smallest absolute Gasteiger partial charge is 0.213 e. The highest BCUT2D eigenvalue weighted by molar-refractivity contribution is 5.81. The summed E-state index contributed by atoms with van der Waals surface area (Å²) in [5, 5.41) is 10.1. The summed E-state index contributed by atoms with van der Waals surface area (Å²) < 4.78 is 1.84. The molecule has 0 spiro atoms. The molecular formula is C14H10N4. The van der Waals surface area contributed by atoms with Crippen molar-refractivity contribution in [3.05, 3.63) is 60.3 Å². The molecule has 3 rings (SSSR count). The van der Waals surface area contributed by atoms with Crippen LogP contribution in [0.25, 0.3) is 10.9 Å². The van der Waals surface area contributed by atoms with Crippen molar-refractivity contribution < 1.29 is 0 Å². The zero-order valence-corrected chi connectivity index (χ0v) is 9.61. The van der Waals surface area contributed by atoms with Gasteiger partial charge in [0.05, 0.1) is 12.1 Å². The Kier molecular flexibility index (Phi) is 2.50. The molecule has 0 fully saturated rings. The van der Waals surface area contributed by atoms with E-state index >= 15 is 0 Å². The Morgan fingerprint density at radius 1 is 1.11 bits per heavy atom. The Balaban J connectivity index is 2.08. The van der Waals surface area contributed by atoms with Gasteiger partial charge in [0, 0.05) is 24.0 Å². The van der Waals surface area contributed by atoms with Crippen LogP contribution in [-0.2, 0) is 6.54 Å². The average Bonchev–Trinajstić information content (AvgIpc) is 2.86. The van der Waals surface area contributed by atoms with Crippen LogP contribution in [0.1, 0.15) is 11.4 Å². The van der Waals surface area contributed by atoms with E-state index in [2.05, 4.69) is 16.0 Å². The first kappa shape index (κ1) is 10.5. The molecule has 0 aliphatic carbocycles. The number of aromatic nitrogens is 3. The van der Waals surface area contributed by atoms with Crippen LogP contribution >= 0.6 is 0 Å². The van der Waals surface area contributed by atoms with Gasteiger partial charge in [-0.05, 0) is 17.7 Å². The number of hydrogen-bond acceptors (Lipinski definition) is 3. The minimum atomic E-state index is 0.427. The van der Waals surface area contributed by atoms with Gasteiger partial charge in [-0.15, -0.1) is 0 Å². The second-order valence-electron chi connectivity index (χ2n) is 3.98. The number of nitriles is 1. The predicted octanol–water partition coefficient (Wildman–Crippen LogP) is 2.35. The van der Waals surface area contributed by atoms with Crippen LogP contribution in [0.5, 0.6) is 0 Å². The van der Waals surface area contributed by atoms with Gasteiger partial charge in [0.2, 0.25) is 5.82 Å². The third-order valence-electron chi connectivity index (χ3n) is 2.90. The van der Waals surface area contributed by atoms with Crippen LogP contribution < -0.4 is 0 Å². The fourth-order valence-corrected chi connectivity index (χ4v) is 2.03. The number of imidazole rings is 1. The summed E-state index contributed by atoms with van der Waals surface area (Å²) in [4.78, 5) is 8.32. The normalized spacial score (nSPS) is 10.4. The van der Waals surface area contributed by atoms with Gasteiger partial charge in [-0.1, -0.05) is 18.2 Å². The minimum absolute atomic E-state index is 0.427. The van der Waals surface area contributed by atoms with Crippen LogP contribution in [0, 0.1) is 11.3 Å². The highest BCUT2D eigenvalue weighted by Crippen LogP contribution is 2.17. The van der Waals surface area contributed by atoms with Crippen molar-refractivity contribution in [1.82, 2.24) is 14.5 Å². The van der Waals surface area contributed by atoms with Gasteiger partial charge in [-0.3, -0.25) is 4.98 Å². The Bertz CT molecular complexity index is 731. The molecule has 0 aliphatic rings. The van der Waals surface area contributed by atoms with E-state index in [0.29, 0.717) is 12.4 Å². The lowest BCUT2D eigenvalue weighted by atomic mass is 10.1. The summed E-state index contributed by atoms with van der Waals surface area (Å²) in [6.07, 6.45) is 5.25. The summed E-state index contributed by atoms with van der Waals surface area (Å²) >= 11 is 0. The second-order valence-corrected chi connectivity index (χ2v) is 3.98. The molecule has 0 radical (unpaired) electrons. The van der Waals surface area contributed by atoms with Crippen molar-refractivity contribution in [1.29, 1.82) is 5.26 Å². The molecule has 0 N–H and O–H groups in total. The first-order chi connectivity index (χ1) is 8.88. The molecule has 0 aliphatic heterocycles. The monoisotopic (exact) mass is 234 g/mol. The Hall–Kier alpha value is -2.67. The molecule has 0 amide bonds. The second kappa shape index (κ2) is 4.30. The first-order valence-corrected chi connectivity index (χ1v) is 5.62. The van der Waals surface area contributed by atoms with Gasteiger partial charge in [0.25, 0.3) is 0 Å². The predicted molar refractivity (Wildman–Crippen MR) is 67.8 cm³/mol. The highest BCUT2D eigenvalue weighted by Gasteiger charge is 2.05. The number of nitrogens with zero attached hydrogens (tertiary/aromatic N) is 4. The van der Waals surface area contributed by atoms with E-state index < -0.39 is 0 Å². The quantitative estimate of drug-likeness (QED) is 0.684. The standard InChI is InChI=1S/C14H10N4/c15-9-14-17-7-8-18(14)10-11-5-6-16-13-4-2-1-3-12(11)13/h1-8H,10H2. The van der Waals surface area contributed by atoms with Crippen molar-refractivity contribution in [2.75, 3.05) is 0 Å². The summed E-state index contributed by atoms with van der Waals surface area (Å²) in [5.41, 5.74) is 2.10. The fraction of sp³-hybridized carbons (Fsp3) is 0.0714. The van der Waals surface area contributed by atoms with Gasteiger partial charge in [-0.2, -0.15) is 5.26 Å².